The molecule has 9 nitrogen and oxygen atoms in total. The summed E-state index contributed by atoms with van der Waals surface area (Å²) in [6, 6.07) is 9.28. The first-order valence-corrected chi connectivity index (χ1v) is 10.9. The van der Waals surface area contributed by atoms with Crippen molar-refractivity contribution in [3.8, 4) is 11.3 Å². The largest absolute Gasteiger partial charge is 0.360 e. The first-order valence-electron chi connectivity index (χ1n) is 9.08. The number of amides is 2. The van der Waals surface area contributed by atoms with Crippen molar-refractivity contribution in [3.05, 3.63) is 70.2 Å². The van der Waals surface area contributed by atoms with Crippen molar-refractivity contribution in [1.29, 1.82) is 0 Å². The number of aryl methyl sites for hydroxylation is 1. The normalized spacial score (nSPS) is 11.4. The Balaban J connectivity index is 1.82. The highest BCUT2D eigenvalue weighted by molar-refractivity contribution is 7.89. The van der Waals surface area contributed by atoms with E-state index in [4.69, 9.17) is 16.1 Å². The topological polar surface area (TPSA) is 122 Å². The summed E-state index contributed by atoms with van der Waals surface area (Å²) in [7, 11) is -1.02. The molecule has 0 aliphatic rings. The van der Waals surface area contributed by atoms with Gasteiger partial charge in [-0.25, -0.2) is 17.1 Å². The number of carbonyl (C=O) groups is 2. The van der Waals surface area contributed by atoms with Crippen LogP contribution in [-0.4, -0.2) is 43.8 Å². The molecule has 2 aromatic carbocycles. The van der Waals surface area contributed by atoms with Crippen LogP contribution in [0.2, 0.25) is 5.02 Å². The van der Waals surface area contributed by atoms with Gasteiger partial charge in [0.25, 0.3) is 11.8 Å². The molecule has 32 heavy (non-hydrogen) atoms. The molecule has 0 atom stereocenters. The summed E-state index contributed by atoms with van der Waals surface area (Å²) in [6.07, 6.45) is 0. The number of carbonyl (C=O) groups excluding carboxylic acids is 2. The molecule has 168 valence electrons. The molecule has 0 radical (unpaired) electrons. The second kappa shape index (κ2) is 9.07. The Bertz CT molecular complexity index is 1290. The van der Waals surface area contributed by atoms with Gasteiger partial charge in [-0.05, 0) is 37.3 Å². The fourth-order valence-corrected chi connectivity index (χ4v) is 3.99. The van der Waals surface area contributed by atoms with E-state index in [0.29, 0.717) is 0 Å². The molecule has 0 saturated heterocycles. The molecule has 2 N–H and O–H groups in total. The molecule has 0 aliphatic carbocycles. The molecular weight excluding hydrogens is 463 g/mol. The average molecular weight is 481 g/mol. The molecule has 0 fully saturated rings. The number of benzene rings is 2. The summed E-state index contributed by atoms with van der Waals surface area (Å²) >= 11 is 6.06. The minimum atomic E-state index is -3.75. The van der Waals surface area contributed by atoms with Gasteiger partial charge in [0.1, 0.15) is 22.8 Å². The van der Waals surface area contributed by atoms with E-state index in [2.05, 4.69) is 16.0 Å². The van der Waals surface area contributed by atoms with Crippen LogP contribution in [0.3, 0.4) is 0 Å². The Morgan fingerprint density at radius 1 is 1.09 bits per heavy atom. The number of nitrogens with zero attached hydrogens (tertiary/aromatic N) is 2. The third-order valence-corrected chi connectivity index (χ3v) is 6.58. The van der Waals surface area contributed by atoms with Gasteiger partial charge < -0.3 is 4.52 Å². The number of sulfonamides is 1. The maximum atomic E-state index is 14.3. The maximum absolute atomic E-state index is 14.3. The van der Waals surface area contributed by atoms with Crippen LogP contribution in [0.15, 0.2) is 51.9 Å². The van der Waals surface area contributed by atoms with Crippen LogP contribution in [0.25, 0.3) is 11.3 Å². The number of halogens is 2. The number of hydrazine groups is 1. The lowest BCUT2D eigenvalue weighted by molar-refractivity contribution is 0.0846. The van der Waals surface area contributed by atoms with Crippen molar-refractivity contribution in [2.75, 3.05) is 14.1 Å². The van der Waals surface area contributed by atoms with Crippen LogP contribution < -0.4 is 10.9 Å². The van der Waals surface area contributed by atoms with Crippen LogP contribution in [0, 0.1) is 12.7 Å². The Morgan fingerprint density at radius 3 is 2.41 bits per heavy atom. The zero-order valence-corrected chi connectivity index (χ0v) is 18.7. The monoisotopic (exact) mass is 480 g/mol. The van der Waals surface area contributed by atoms with Crippen molar-refractivity contribution in [2.24, 2.45) is 0 Å². The molecule has 2 amide bonds. The second-order valence-corrected chi connectivity index (χ2v) is 9.34. The van der Waals surface area contributed by atoms with Crippen LogP contribution in [0.4, 0.5) is 4.39 Å². The number of nitrogens with one attached hydrogen (secondary N) is 2. The number of aromatic nitrogens is 1. The highest BCUT2D eigenvalue weighted by Gasteiger charge is 2.26. The molecule has 3 aromatic rings. The van der Waals surface area contributed by atoms with E-state index in [1.807, 2.05) is 0 Å². The summed E-state index contributed by atoms with van der Waals surface area (Å²) < 4.78 is 44.9. The van der Waals surface area contributed by atoms with Gasteiger partial charge >= 0.3 is 0 Å². The minimum absolute atomic E-state index is 0.00682. The molecular formula is C20H18ClFN4O5S. The fraction of sp³-hybridized carbons (Fsp3) is 0.150. The third-order valence-electron chi connectivity index (χ3n) is 4.45. The van der Waals surface area contributed by atoms with E-state index < -0.39 is 27.7 Å². The molecule has 0 unspecified atom stereocenters. The predicted octanol–water partition coefficient (Wildman–Crippen LogP) is 2.77. The molecule has 0 aliphatic heterocycles. The first kappa shape index (κ1) is 23.4. The SMILES string of the molecule is Cc1onc(-c2c(F)cccc2Cl)c1C(=O)NNC(=O)c1cccc(S(=O)(=O)N(C)C)c1. The van der Waals surface area contributed by atoms with E-state index in [-0.39, 0.29) is 38.1 Å². The second-order valence-electron chi connectivity index (χ2n) is 6.78. The Hall–Kier alpha value is -3.28. The summed E-state index contributed by atoms with van der Waals surface area (Å²) in [5, 5.41) is 3.75. The minimum Gasteiger partial charge on any atom is -0.360 e. The summed E-state index contributed by atoms with van der Waals surface area (Å²) in [5.41, 5.74) is 4.00. The van der Waals surface area contributed by atoms with Gasteiger partial charge in [0.05, 0.1) is 15.5 Å². The van der Waals surface area contributed by atoms with Gasteiger partial charge in [-0.15, -0.1) is 0 Å². The van der Waals surface area contributed by atoms with E-state index in [1.54, 1.807) is 0 Å². The van der Waals surface area contributed by atoms with Crippen LogP contribution in [0.5, 0.6) is 0 Å². The molecule has 1 aromatic heterocycles. The molecule has 0 bridgehead atoms. The van der Waals surface area contributed by atoms with Crippen molar-refractivity contribution >= 4 is 33.4 Å². The van der Waals surface area contributed by atoms with Crippen LogP contribution >= 0.6 is 11.6 Å². The number of hydrogen-bond donors (Lipinski definition) is 2. The average Bonchev–Trinajstić information content (AvgIpc) is 3.12. The number of hydrogen-bond acceptors (Lipinski definition) is 6. The van der Waals surface area contributed by atoms with Gasteiger partial charge in [-0.2, -0.15) is 0 Å². The quantitative estimate of drug-likeness (QED) is 0.541. The fourth-order valence-electron chi connectivity index (χ4n) is 2.79. The first-order chi connectivity index (χ1) is 15.0. The maximum Gasteiger partial charge on any atom is 0.275 e. The van der Waals surface area contributed by atoms with E-state index >= 15 is 0 Å². The van der Waals surface area contributed by atoms with Gasteiger partial charge in [0, 0.05) is 19.7 Å². The summed E-state index contributed by atoms with van der Waals surface area (Å²) in [6.45, 7) is 1.44. The summed E-state index contributed by atoms with van der Waals surface area (Å²) in [5.74, 6) is -2.23. The van der Waals surface area contributed by atoms with Gasteiger partial charge in [0.2, 0.25) is 10.0 Å². The Labute approximate surface area is 188 Å². The highest BCUT2D eigenvalue weighted by atomic mass is 35.5. The molecule has 12 heteroatoms. The van der Waals surface area contributed by atoms with Gasteiger partial charge in [0.15, 0.2) is 0 Å². The van der Waals surface area contributed by atoms with Crippen molar-refractivity contribution in [1.82, 2.24) is 20.3 Å². The molecule has 3 rings (SSSR count). The third kappa shape index (κ3) is 4.49. The van der Waals surface area contributed by atoms with E-state index in [0.717, 1.165) is 10.4 Å². The standard InChI is InChI=1S/C20H18ClFN4O5S/c1-11-16(18(25-31-11)17-14(21)8-5-9-15(17)22)20(28)24-23-19(27)12-6-4-7-13(10-12)32(29,30)26(2)3/h4-10H,1-3H3,(H,23,27)(H,24,28). The lowest BCUT2D eigenvalue weighted by Gasteiger charge is -2.12. The zero-order valence-electron chi connectivity index (χ0n) is 17.1. The lowest BCUT2D eigenvalue weighted by atomic mass is 10.1. The predicted molar refractivity (Wildman–Crippen MR) is 114 cm³/mol. The lowest BCUT2D eigenvalue weighted by Crippen LogP contribution is -2.42. The smallest absolute Gasteiger partial charge is 0.275 e. The van der Waals surface area contributed by atoms with Crippen molar-refractivity contribution in [2.45, 2.75) is 11.8 Å². The van der Waals surface area contributed by atoms with Gasteiger partial charge in [-0.1, -0.05) is 28.9 Å². The van der Waals surface area contributed by atoms with Crippen molar-refractivity contribution in [3.63, 3.8) is 0 Å². The van der Waals surface area contributed by atoms with Gasteiger partial charge in [-0.3, -0.25) is 20.4 Å². The zero-order chi connectivity index (χ0) is 23.6. The van der Waals surface area contributed by atoms with Crippen molar-refractivity contribution < 1.29 is 26.9 Å². The van der Waals surface area contributed by atoms with E-state index in [9.17, 15) is 22.4 Å². The molecule has 0 spiro atoms. The number of rotatable bonds is 5. The highest BCUT2D eigenvalue weighted by Crippen LogP contribution is 2.33. The molecule has 0 saturated carbocycles. The Morgan fingerprint density at radius 2 is 1.75 bits per heavy atom. The van der Waals surface area contributed by atoms with Crippen LogP contribution in [-0.2, 0) is 10.0 Å². The van der Waals surface area contributed by atoms with E-state index in [1.165, 1.54) is 57.4 Å². The summed E-state index contributed by atoms with van der Waals surface area (Å²) in [4.78, 5) is 25.1. The molecule has 1 heterocycles. The van der Waals surface area contributed by atoms with Crippen LogP contribution in [0.1, 0.15) is 26.5 Å². The Kier molecular flexibility index (Phi) is 6.63.